The van der Waals surface area contributed by atoms with Gasteiger partial charge in [0.15, 0.2) is 0 Å². The minimum atomic E-state index is -0.0739. The van der Waals surface area contributed by atoms with Crippen LogP contribution in [0.4, 0.5) is 11.4 Å². The molecule has 0 saturated carbocycles. The number of hydrogen-bond donors (Lipinski definition) is 0. The number of amides is 2. The normalized spacial score (nSPS) is 12.5. The molecule has 5 rings (SSSR count). The summed E-state index contributed by atoms with van der Waals surface area (Å²) < 4.78 is 5.40. The predicted octanol–water partition coefficient (Wildman–Crippen LogP) is 5.54. The first kappa shape index (κ1) is 21.7. The third-order valence-corrected chi connectivity index (χ3v) is 6.51. The highest BCUT2D eigenvalue weighted by atomic mass is 16.3. The van der Waals surface area contributed by atoms with Gasteiger partial charge in [0.25, 0.3) is 5.91 Å². The average molecular weight is 451 g/mol. The lowest BCUT2D eigenvalue weighted by Crippen LogP contribution is -2.31. The van der Waals surface area contributed by atoms with Gasteiger partial charge < -0.3 is 14.2 Å². The van der Waals surface area contributed by atoms with Crippen molar-refractivity contribution in [2.24, 2.45) is 0 Å². The Morgan fingerprint density at radius 2 is 1.56 bits per heavy atom. The molecule has 0 atom stereocenters. The molecule has 3 aromatic carbocycles. The summed E-state index contributed by atoms with van der Waals surface area (Å²) in [5.74, 6) is 0.537. The van der Waals surface area contributed by atoms with Crippen molar-refractivity contribution < 1.29 is 14.0 Å². The van der Waals surface area contributed by atoms with Gasteiger partial charge in [0.2, 0.25) is 5.91 Å². The molecule has 0 N–H and O–H groups in total. The van der Waals surface area contributed by atoms with Crippen molar-refractivity contribution >= 4 is 23.2 Å². The predicted molar refractivity (Wildman–Crippen MR) is 133 cm³/mol. The van der Waals surface area contributed by atoms with Gasteiger partial charge >= 0.3 is 0 Å². The van der Waals surface area contributed by atoms with Crippen LogP contribution in [0.1, 0.15) is 38.4 Å². The number of carbonyl (C=O) groups excluding carboxylic acids is 2. The SMILES string of the molecule is Cc1ccoc1CC(=O)N(C)c1ccc(C(=O)N2Cc3ccccc3Cc3ccccc32)cc1. The van der Waals surface area contributed by atoms with E-state index in [1.807, 2.05) is 60.4 Å². The van der Waals surface area contributed by atoms with Crippen LogP contribution in [0.5, 0.6) is 0 Å². The van der Waals surface area contributed by atoms with Crippen molar-refractivity contribution in [2.75, 3.05) is 16.8 Å². The lowest BCUT2D eigenvalue weighted by atomic mass is 10.0. The van der Waals surface area contributed by atoms with Crippen LogP contribution in [-0.4, -0.2) is 18.9 Å². The molecule has 0 radical (unpaired) electrons. The number of hydrogen-bond acceptors (Lipinski definition) is 3. The second-order valence-corrected chi connectivity index (χ2v) is 8.67. The van der Waals surface area contributed by atoms with E-state index in [1.165, 1.54) is 5.56 Å². The van der Waals surface area contributed by atoms with E-state index in [2.05, 4.69) is 18.2 Å². The summed E-state index contributed by atoms with van der Waals surface area (Å²) in [6.07, 6.45) is 2.59. The Morgan fingerprint density at radius 3 is 2.26 bits per heavy atom. The highest BCUT2D eigenvalue weighted by molar-refractivity contribution is 6.07. The van der Waals surface area contributed by atoms with Crippen molar-refractivity contribution in [3.63, 3.8) is 0 Å². The molecule has 34 heavy (non-hydrogen) atoms. The number of aryl methyl sites for hydroxylation is 1. The van der Waals surface area contributed by atoms with E-state index >= 15 is 0 Å². The minimum Gasteiger partial charge on any atom is -0.469 e. The Morgan fingerprint density at radius 1 is 0.882 bits per heavy atom. The largest absolute Gasteiger partial charge is 0.469 e. The summed E-state index contributed by atoms with van der Waals surface area (Å²) in [4.78, 5) is 29.8. The number of benzene rings is 3. The molecular formula is C29H26N2O3. The van der Waals surface area contributed by atoms with Gasteiger partial charge in [-0.3, -0.25) is 9.59 Å². The lowest BCUT2D eigenvalue weighted by Gasteiger charge is -2.24. The maximum atomic E-state index is 13.6. The molecule has 170 valence electrons. The summed E-state index contributed by atoms with van der Waals surface area (Å²) >= 11 is 0. The number of nitrogens with zero attached hydrogens (tertiary/aromatic N) is 2. The quantitative estimate of drug-likeness (QED) is 0.410. The van der Waals surface area contributed by atoms with E-state index in [0.29, 0.717) is 17.9 Å². The molecule has 0 saturated heterocycles. The van der Waals surface area contributed by atoms with Crippen LogP contribution in [0, 0.1) is 6.92 Å². The Hall–Kier alpha value is -4.12. The molecule has 1 aromatic heterocycles. The molecule has 0 bridgehead atoms. The second kappa shape index (κ2) is 9.02. The van der Waals surface area contributed by atoms with Crippen LogP contribution in [-0.2, 0) is 24.2 Å². The average Bonchev–Trinajstić information content (AvgIpc) is 3.18. The van der Waals surface area contributed by atoms with E-state index in [0.717, 1.165) is 34.5 Å². The first-order chi connectivity index (χ1) is 16.5. The van der Waals surface area contributed by atoms with E-state index in [-0.39, 0.29) is 18.2 Å². The number of carbonyl (C=O) groups is 2. The van der Waals surface area contributed by atoms with E-state index < -0.39 is 0 Å². The fourth-order valence-corrected chi connectivity index (χ4v) is 4.42. The fourth-order valence-electron chi connectivity index (χ4n) is 4.42. The fraction of sp³-hybridized carbons (Fsp3) is 0.172. The Balaban J connectivity index is 1.39. The van der Waals surface area contributed by atoms with Gasteiger partial charge in [-0.2, -0.15) is 0 Å². The van der Waals surface area contributed by atoms with Crippen LogP contribution in [0.25, 0.3) is 0 Å². The Bertz CT molecular complexity index is 1350. The third-order valence-electron chi connectivity index (χ3n) is 6.51. The van der Waals surface area contributed by atoms with Crippen LogP contribution in [0.15, 0.2) is 89.5 Å². The number of anilines is 2. The smallest absolute Gasteiger partial charge is 0.258 e. The standard InChI is InChI=1S/C29H26N2O3/c1-20-15-16-34-27(20)18-28(32)30(2)25-13-11-21(12-14-25)29(33)31-19-24-9-4-3-7-22(24)17-23-8-5-6-10-26(23)31/h3-16H,17-19H2,1-2H3. The van der Waals surface area contributed by atoms with Crippen LogP contribution < -0.4 is 9.80 Å². The van der Waals surface area contributed by atoms with Gasteiger partial charge in [0.1, 0.15) is 5.76 Å². The molecule has 2 amide bonds. The van der Waals surface area contributed by atoms with Crippen molar-refractivity contribution in [3.8, 4) is 0 Å². The maximum Gasteiger partial charge on any atom is 0.258 e. The number of rotatable bonds is 4. The molecule has 5 heteroatoms. The monoisotopic (exact) mass is 450 g/mol. The molecule has 1 aliphatic heterocycles. The molecule has 0 aliphatic carbocycles. The number of likely N-dealkylation sites (N-methyl/N-ethyl adjacent to an activating group) is 1. The van der Waals surface area contributed by atoms with Gasteiger partial charge in [-0.1, -0.05) is 42.5 Å². The summed E-state index contributed by atoms with van der Waals surface area (Å²) in [6.45, 7) is 2.44. The van der Waals surface area contributed by atoms with Gasteiger partial charge in [-0.25, -0.2) is 0 Å². The summed E-state index contributed by atoms with van der Waals surface area (Å²) in [5.41, 5.74) is 6.75. The Labute approximate surface area is 199 Å². The molecule has 4 aromatic rings. The number of furan rings is 1. The van der Waals surface area contributed by atoms with Crippen LogP contribution in [0.3, 0.4) is 0 Å². The van der Waals surface area contributed by atoms with Gasteiger partial charge in [-0.05, 0) is 72.0 Å². The van der Waals surface area contributed by atoms with Gasteiger partial charge in [-0.15, -0.1) is 0 Å². The zero-order valence-corrected chi connectivity index (χ0v) is 19.3. The Kier molecular flexibility index (Phi) is 5.76. The lowest BCUT2D eigenvalue weighted by molar-refractivity contribution is -0.117. The second-order valence-electron chi connectivity index (χ2n) is 8.67. The number of fused-ring (bicyclic) bond motifs is 2. The zero-order chi connectivity index (χ0) is 23.7. The van der Waals surface area contributed by atoms with Crippen LogP contribution in [0.2, 0.25) is 0 Å². The van der Waals surface area contributed by atoms with Crippen LogP contribution >= 0.6 is 0 Å². The minimum absolute atomic E-state index is 0.0594. The highest BCUT2D eigenvalue weighted by Gasteiger charge is 2.25. The van der Waals surface area contributed by atoms with Crippen molar-refractivity contribution in [3.05, 3.63) is 119 Å². The molecule has 2 heterocycles. The summed E-state index contributed by atoms with van der Waals surface area (Å²) in [5, 5.41) is 0. The van der Waals surface area contributed by atoms with Crippen molar-refractivity contribution in [1.29, 1.82) is 0 Å². The van der Waals surface area contributed by atoms with E-state index in [9.17, 15) is 9.59 Å². The van der Waals surface area contributed by atoms with Crippen molar-refractivity contribution in [2.45, 2.75) is 26.3 Å². The topological polar surface area (TPSA) is 53.8 Å². The molecule has 0 fully saturated rings. The molecule has 0 spiro atoms. The number of para-hydroxylation sites is 1. The molecule has 5 nitrogen and oxygen atoms in total. The summed E-state index contributed by atoms with van der Waals surface area (Å²) in [6, 6.07) is 25.4. The van der Waals surface area contributed by atoms with E-state index in [4.69, 9.17) is 4.42 Å². The van der Waals surface area contributed by atoms with Crippen molar-refractivity contribution in [1.82, 2.24) is 0 Å². The first-order valence-electron chi connectivity index (χ1n) is 11.4. The third kappa shape index (κ3) is 4.13. The highest BCUT2D eigenvalue weighted by Crippen LogP contribution is 2.32. The van der Waals surface area contributed by atoms with Gasteiger partial charge in [0, 0.05) is 24.0 Å². The molecule has 0 unspecified atom stereocenters. The maximum absolute atomic E-state index is 13.6. The first-order valence-corrected chi connectivity index (χ1v) is 11.4. The van der Waals surface area contributed by atoms with E-state index in [1.54, 1.807) is 30.3 Å². The molecular weight excluding hydrogens is 424 g/mol. The summed E-state index contributed by atoms with van der Waals surface area (Å²) in [7, 11) is 1.74. The van der Waals surface area contributed by atoms with Gasteiger partial charge in [0.05, 0.1) is 19.2 Å². The zero-order valence-electron chi connectivity index (χ0n) is 19.3. The molecule has 1 aliphatic rings.